The van der Waals surface area contributed by atoms with Crippen molar-refractivity contribution in [1.82, 2.24) is 0 Å². The van der Waals surface area contributed by atoms with Crippen LogP contribution in [0.4, 0.5) is 0 Å². The molecule has 25 heavy (non-hydrogen) atoms. The second-order valence-electron chi connectivity index (χ2n) is 7.34. The lowest BCUT2D eigenvalue weighted by atomic mass is 10.2. The van der Waals surface area contributed by atoms with Crippen molar-refractivity contribution in [1.29, 1.82) is 0 Å². The molecule has 0 aliphatic heterocycles. The van der Waals surface area contributed by atoms with E-state index in [1.165, 1.54) is 25.1 Å². The molecule has 7 heteroatoms. The van der Waals surface area contributed by atoms with Crippen LogP contribution in [0, 0.1) is 0 Å². The molecule has 140 valence electrons. The van der Waals surface area contributed by atoms with Crippen LogP contribution in [0.25, 0.3) is 0 Å². The van der Waals surface area contributed by atoms with E-state index in [4.69, 9.17) is 9.16 Å². The number of sulfone groups is 1. The molecule has 0 amide bonds. The molecular formula is C18H28O5SSi. The van der Waals surface area contributed by atoms with Crippen molar-refractivity contribution in [3.8, 4) is 0 Å². The molecule has 5 nitrogen and oxygen atoms in total. The van der Waals surface area contributed by atoms with E-state index in [1.807, 2.05) is 0 Å². The zero-order valence-electron chi connectivity index (χ0n) is 15.8. The van der Waals surface area contributed by atoms with Gasteiger partial charge in [-0.15, -0.1) is 0 Å². The highest BCUT2D eigenvalue weighted by molar-refractivity contribution is 7.92. The number of ether oxygens (including phenoxy) is 1. The number of rotatable bonds is 7. The number of carbonyl (C=O) groups excluding carboxylic acids is 1. The van der Waals surface area contributed by atoms with Gasteiger partial charge in [0, 0.05) is 6.92 Å². The van der Waals surface area contributed by atoms with Gasteiger partial charge in [-0.3, -0.25) is 4.79 Å². The van der Waals surface area contributed by atoms with E-state index >= 15 is 0 Å². The Bertz CT molecular complexity index is 703. The monoisotopic (exact) mass is 384 g/mol. The first kappa shape index (κ1) is 21.6. The molecule has 0 radical (unpaired) electrons. The van der Waals surface area contributed by atoms with E-state index in [9.17, 15) is 13.2 Å². The predicted molar refractivity (Wildman–Crippen MR) is 101 cm³/mol. The van der Waals surface area contributed by atoms with Crippen LogP contribution >= 0.6 is 0 Å². The van der Waals surface area contributed by atoms with Crippen LogP contribution in [0.5, 0.6) is 0 Å². The summed E-state index contributed by atoms with van der Waals surface area (Å²) in [5.74, 6) is -0.653. The van der Waals surface area contributed by atoms with Crippen molar-refractivity contribution in [3.05, 3.63) is 42.5 Å². The normalized spacial score (nSPS) is 14.5. The average Bonchev–Trinajstić information content (AvgIpc) is 2.49. The maximum Gasteiger partial charge on any atom is 0.304 e. The van der Waals surface area contributed by atoms with Crippen LogP contribution in [0.1, 0.15) is 27.7 Å². The second kappa shape index (κ2) is 8.29. The third kappa shape index (κ3) is 6.09. The third-order valence-electron chi connectivity index (χ3n) is 4.30. The number of carbonyl (C=O) groups is 1. The molecular weight excluding hydrogens is 356 g/mol. The quantitative estimate of drug-likeness (QED) is 0.405. The largest absolute Gasteiger partial charge is 0.441 e. The summed E-state index contributed by atoms with van der Waals surface area (Å²) in [6.45, 7) is 12.1. The fraction of sp³-hybridized carbons (Fsp3) is 0.500. The Hall–Kier alpha value is -1.44. The lowest BCUT2D eigenvalue weighted by molar-refractivity contribution is -0.141. The number of hydrogen-bond donors (Lipinski definition) is 0. The Morgan fingerprint density at radius 3 is 2.24 bits per heavy atom. The van der Waals surface area contributed by atoms with Crippen molar-refractivity contribution in [2.24, 2.45) is 0 Å². The summed E-state index contributed by atoms with van der Waals surface area (Å²) in [5, 5.41) is 0.0617. The third-order valence-corrected chi connectivity index (χ3v) is 10.6. The Kier molecular flexibility index (Phi) is 7.16. The van der Waals surface area contributed by atoms with E-state index < -0.39 is 29.6 Å². The number of benzene rings is 1. The van der Waals surface area contributed by atoms with Gasteiger partial charge in [0.05, 0.1) is 11.5 Å². The fourth-order valence-electron chi connectivity index (χ4n) is 1.75. The van der Waals surface area contributed by atoms with Crippen LogP contribution in [0.3, 0.4) is 0 Å². The number of hydrogen-bond acceptors (Lipinski definition) is 5. The van der Waals surface area contributed by atoms with Gasteiger partial charge < -0.3 is 9.16 Å². The van der Waals surface area contributed by atoms with Crippen molar-refractivity contribution >= 4 is 24.1 Å². The van der Waals surface area contributed by atoms with Crippen LogP contribution in [0.15, 0.2) is 47.4 Å². The minimum absolute atomic E-state index is 0.0617. The van der Waals surface area contributed by atoms with Gasteiger partial charge in [0.1, 0.15) is 0 Å². The van der Waals surface area contributed by atoms with Gasteiger partial charge in [-0.25, -0.2) is 8.42 Å². The molecule has 0 fully saturated rings. The van der Waals surface area contributed by atoms with Gasteiger partial charge in [-0.05, 0) is 36.3 Å². The molecule has 1 atom stereocenters. The average molecular weight is 385 g/mol. The van der Waals surface area contributed by atoms with Gasteiger partial charge in [-0.1, -0.05) is 45.0 Å². The van der Waals surface area contributed by atoms with E-state index in [0.717, 1.165) is 0 Å². The molecule has 0 heterocycles. The molecule has 1 rings (SSSR count). The van der Waals surface area contributed by atoms with Crippen LogP contribution in [-0.2, 0) is 23.8 Å². The smallest absolute Gasteiger partial charge is 0.304 e. The zero-order chi connectivity index (χ0) is 19.3. The van der Waals surface area contributed by atoms with Crippen LogP contribution in [0.2, 0.25) is 18.1 Å². The molecule has 0 aromatic heterocycles. The predicted octanol–water partition coefficient (Wildman–Crippen LogP) is 3.93. The highest BCUT2D eigenvalue weighted by Gasteiger charge is 2.36. The molecule has 1 aromatic carbocycles. The lowest BCUT2D eigenvalue weighted by Crippen LogP contribution is -2.40. The molecule has 0 aliphatic rings. The minimum Gasteiger partial charge on any atom is -0.441 e. The summed E-state index contributed by atoms with van der Waals surface area (Å²) in [5.41, 5.74) is -1.37. The van der Waals surface area contributed by atoms with Crippen LogP contribution in [-0.4, -0.2) is 34.7 Å². The molecule has 0 spiro atoms. The molecule has 0 unspecified atom stereocenters. The van der Waals surface area contributed by atoms with Crippen molar-refractivity contribution in [2.75, 3.05) is 6.61 Å². The Labute approximate surface area is 152 Å². The summed E-state index contributed by atoms with van der Waals surface area (Å²) < 4.78 is 36.3. The van der Waals surface area contributed by atoms with Gasteiger partial charge in [-0.2, -0.15) is 0 Å². The summed E-state index contributed by atoms with van der Waals surface area (Å²) in [6, 6.07) is 7.93. The highest BCUT2D eigenvalue weighted by Crippen LogP contribution is 2.36. The maximum absolute atomic E-state index is 12.7. The summed E-state index contributed by atoms with van der Waals surface area (Å²) in [6.07, 6.45) is 2.98. The van der Waals surface area contributed by atoms with E-state index in [0.29, 0.717) is 0 Å². The molecule has 1 aromatic rings. The van der Waals surface area contributed by atoms with E-state index in [1.54, 1.807) is 24.3 Å². The summed E-state index contributed by atoms with van der Waals surface area (Å²) in [4.78, 5) is 11.4. The first-order valence-electron chi connectivity index (χ1n) is 8.15. The molecule has 0 saturated carbocycles. The minimum atomic E-state index is -3.81. The van der Waals surface area contributed by atoms with Gasteiger partial charge >= 0.3 is 5.97 Å². The van der Waals surface area contributed by atoms with Gasteiger partial charge in [0.25, 0.3) is 0 Å². The van der Waals surface area contributed by atoms with E-state index in [-0.39, 0.29) is 16.5 Å². The fourth-order valence-corrected chi connectivity index (χ4v) is 4.08. The topological polar surface area (TPSA) is 69.7 Å². The molecule has 0 bridgehead atoms. The van der Waals surface area contributed by atoms with Gasteiger partial charge in [0.2, 0.25) is 15.3 Å². The molecule has 0 aliphatic carbocycles. The van der Waals surface area contributed by atoms with Crippen molar-refractivity contribution in [3.63, 3.8) is 0 Å². The first-order chi connectivity index (χ1) is 11.4. The van der Waals surface area contributed by atoms with Crippen LogP contribution < -0.4 is 0 Å². The zero-order valence-corrected chi connectivity index (χ0v) is 17.6. The second-order valence-corrected chi connectivity index (χ2v) is 14.2. The van der Waals surface area contributed by atoms with Crippen molar-refractivity contribution in [2.45, 2.75) is 56.2 Å². The Morgan fingerprint density at radius 2 is 1.76 bits per heavy atom. The van der Waals surface area contributed by atoms with Gasteiger partial charge in [0.15, 0.2) is 8.32 Å². The first-order valence-corrected chi connectivity index (χ1v) is 12.6. The Morgan fingerprint density at radius 1 is 1.20 bits per heavy atom. The molecule has 0 N–H and O–H groups in total. The summed E-state index contributed by atoms with van der Waals surface area (Å²) in [7, 11) is -5.74. The lowest BCUT2D eigenvalue weighted by Gasteiger charge is -2.35. The highest BCUT2D eigenvalue weighted by atomic mass is 32.2. The summed E-state index contributed by atoms with van der Waals surface area (Å²) >= 11 is 0. The maximum atomic E-state index is 12.7. The standard InChI is InChI=1S/C18H28O5SSi/c1-15(19)23-17(24(20,21)16-11-8-7-9-12-16)13-10-14-22-25(5,6)18(2,3)4/h7-13,17H,14H2,1-6H3/b13-10+/t17-/m1/s1. The number of esters is 1. The van der Waals surface area contributed by atoms with Crippen molar-refractivity contribution < 1.29 is 22.4 Å². The SMILES string of the molecule is CC(=O)O[C@@H](/C=C/CO[Si](C)(C)C(C)(C)C)S(=O)(=O)c1ccccc1. The Balaban J connectivity index is 2.93. The van der Waals surface area contributed by atoms with E-state index in [2.05, 4.69) is 33.9 Å². The molecule has 0 saturated heterocycles.